The number of benzene rings is 2. The number of β-lactam (4-membered cyclic amide) rings is 1. The van der Waals surface area contributed by atoms with Crippen molar-refractivity contribution in [1.29, 1.82) is 0 Å². The number of carbonyl (C=O) groups excluding carboxylic acids is 3. The van der Waals surface area contributed by atoms with Gasteiger partial charge in [0.2, 0.25) is 5.91 Å². The second kappa shape index (κ2) is 8.60. The third kappa shape index (κ3) is 3.89. The molecular formula is C24H26N2O5S. The standard InChI is InChI=1S/C24H26N2O5S/c1-24(2)19(23(30)31-14-15-10-6-4-7-11-15)26-20(28)17(22(26)32-24)18(27)21(29)25(3)16-12-8-5-9-13-16/h4-13,17-19,22,27H,14H2,1-3H3/t17-,18+,19+,22-/m1/s1. The van der Waals surface area contributed by atoms with E-state index in [1.165, 1.54) is 21.6 Å². The van der Waals surface area contributed by atoms with Crippen LogP contribution in [-0.2, 0) is 25.7 Å². The fraction of sp³-hybridized carbons (Fsp3) is 0.375. The number of aliphatic hydroxyl groups excluding tert-OH is 1. The summed E-state index contributed by atoms with van der Waals surface area (Å²) in [6.45, 7) is 3.87. The number of hydrogen-bond acceptors (Lipinski definition) is 6. The van der Waals surface area contributed by atoms with Crippen LogP contribution < -0.4 is 4.90 Å². The Kier molecular flexibility index (Phi) is 6.01. The SMILES string of the molecule is CN(C(=O)[C@@H](O)[C@@H]1C(=O)N2[C@@H]1SC(C)(C)[C@@H]2C(=O)OCc1ccccc1)c1ccccc1. The largest absolute Gasteiger partial charge is 0.459 e. The second-order valence-corrected chi connectivity index (χ2v) is 10.3. The molecule has 2 fully saturated rings. The number of anilines is 1. The highest BCUT2D eigenvalue weighted by Crippen LogP contribution is 2.54. The van der Waals surface area contributed by atoms with Crippen LogP contribution in [0.4, 0.5) is 5.69 Å². The molecule has 2 aliphatic heterocycles. The normalized spacial score (nSPS) is 24.3. The van der Waals surface area contributed by atoms with E-state index in [1.54, 1.807) is 31.3 Å². The van der Waals surface area contributed by atoms with Crippen LogP contribution >= 0.6 is 11.8 Å². The van der Waals surface area contributed by atoms with Crippen molar-refractivity contribution in [3.63, 3.8) is 0 Å². The topological polar surface area (TPSA) is 87.2 Å². The molecule has 4 rings (SSSR count). The van der Waals surface area contributed by atoms with Gasteiger partial charge in [-0.2, -0.15) is 0 Å². The van der Waals surface area contributed by atoms with Gasteiger partial charge in [0.15, 0.2) is 0 Å². The molecule has 2 amide bonds. The lowest BCUT2D eigenvalue weighted by molar-refractivity contribution is -0.173. The number of esters is 1. The zero-order valence-corrected chi connectivity index (χ0v) is 19.0. The minimum Gasteiger partial charge on any atom is -0.459 e. The van der Waals surface area contributed by atoms with E-state index < -0.39 is 46.0 Å². The number of likely N-dealkylation sites (N-methyl/N-ethyl adjacent to an activating group) is 1. The van der Waals surface area contributed by atoms with Crippen LogP contribution in [0.2, 0.25) is 0 Å². The Morgan fingerprint density at radius 1 is 1.12 bits per heavy atom. The van der Waals surface area contributed by atoms with Crippen LogP contribution in [0.1, 0.15) is 19.4 Å². The molecule has 8 heteroatoms. The zero-order chi connectivity index (χ0) is 23.0. The van der Waals surface area contributed by atoms with Gasteiger partial charge in [0.25, 0.3) is 5.91 Å². The summed E-state index contributed by atoms with van der Waals surface area (Å²) in [5.74, 6) is -2.34. The van der Waals surface area contributed by atoms with E-state index in [0.29, 0.717) is 5.69 Å². The molecule has 32 heavy (non-hydrogen) atoms. The molecule has 0 aliphatic carbocycles. The average molecular weight is 455 g/mol. The maximum atomic E-state index is 13.0. The number of para-hydroxylation sites is 1. The Labute approximate surface area is 191 Å². The molecule has 2 aromatic rings. The highest BCUT2D eigenvalue weighted by atomic mass is 32.2. The van der Waals surface area contributed by atoms with Gasteiger partial charge in [0.05, 0.1) is 5.37 Å². The summed E-state index contributed by atoms with van der Waals surface area (Å²) in [7, 11) is 1.57. The van der Waals surface area contributed by atoms with E-state index >= 15 is 0 Å². The molecule has 0 bridgehead atoms. The quantitative estimate of drug-likeness (QED) is 0.533. The molecule has 0 spiro atoms. The molecule has 4 atom stereocenters. The van der Waals surface area contributed by atoms with Gasteiger partial charge in [-0.05, 0) is 31.5 Å². The van der Waals surface area contributed by atoms with Gasteiger partial charge in [0.1, 0.15) is 24.7 Å². The van der Waals surface area contributed by atoms with Gasteiger partial charge >= 0.3 is 5.97 Å². The van der Waals surface area contributed by atoms with Crippen molar-refractivity contribution in [3.05, 3.63) is 66.2 Å². The van der Waals surface area contributed by atoms with Crippen molar-refractivity contribution in [1.82, 2.24) is 4.90 Å². The Morgan fingerprint density at radius 2 is 1.72 bits per heavy atom. The Balaban J connectivity index is 1.45. The zero-order valence-electron chi connectivity index (χ0n) is 18.2. The summed E-state index contributed by atoms with van der Waals surface area (Å²) in [4.78, 5) is 41.6. The summed E-state index contributed by atoms with van der Waals surface area (Å²) in [6.07, 6.45) is -1.49. The lowest BCUT2D eigenvalue weighted by Gasteiger charge is -2.45. The van der Waals surface area contributed by atoms with Crippen molar-refractivity contribution >= 4 is 35.2 Å². The van der Waals surface area contributed by atoms with Gasteiger partial charge in [0, 0.05) is 17.5 Å². The van der Waals surface area contributed by atoms with E-state index in [2.05, 4.69) is 0 Å². The Morgan fingerprint density at radius 3 is 2.34 bits per heavy atom. The molecule has 1 N–H and O–H groups in total. The van der Waals surface area contributed by atoms with Crippen LogP contribution in [0.15, 0.2) is 60.7 Å². The first-order chi connectivity index (χ1) is 15.2. The smallest absolute Gasteiger partial charge is 0.330 e. The van der Waals surface area contributed by atoms with Crippen molar-refractivity contribution in [2.45, 2.75) is 42.7 Å². The molecule has 0 radical (unpaired) electrons. The monoisotopic (exact) mass is 454 g/mol. The molecule has 0 saturated carbocycles. The summed E-state index contributed by atoms with van der Waals surface area (Å²) in [5.41, 5.74) is 1.49. The minimum absolute atomic E-state index is 0.121. The summed E-state index contributed by atoms with van der Waals surface area (Å²) < 4.78 is 4.89. The fourth-order valence-corrected chi connectivity index (χ4v) is 5.96. The van der Waals surface area contributed by atoms with Gasteiger partial charge < -0.3 is 19.6 Å². The van der Waals surface area contributed by atoms with Crippen LogP contribution in [0.3, 0.4) is 0 Å². The van der Waals surface area contributed by atoms with Crippen LogP contribution in [0.25, 0.3) is 0 Å². The Hall–Kier alpha value is -2.84. The molecule has 7 nitrogen and oxygen atoms in total. The lowest BCUT2D eigenvalue weighted by Crippen LogP contribution is -2.67. The van der Waals surface area contributed by atoms with Crippen molar-refractivity contribution in [2.24, 2.45) is 5.92 Å². The highest BCUT2D eigenvalue weighted by Gasteiger charge is 2.66. The van der Waals surface area contributed by atoms with E-state index in [9.17, 15) is 19.5 Å². The maximum Gasteiger partial charge on any atom is 0.330 e. The van der Waals surface area contributed by atoms with Gasteiger partial charge in [-0.3, -0.25) is 9.59 Å². The molecule has 168 valence electrons. The third-order valence-electron chi connectivity index (χ3n) is 6.00. The summed E-state index contributed by atoms with van der Waals surface area (Å²) >= 11 is 1.41. The van der Waals surface area contributed by atoms with Crippen LogP contribution in [0.5, 0.6) is 0 Å². The number of carbonyl (C=O) groups is 3. The summed E-state index contributed by atoms with van der Waals surface area (Å²) in [6, 6.07) is 17.5. The van der Waals surface area contributed by atoms with Crippen LogP contribution in [-0.4, -0.2) is 57.1 Å². The van der Waals surface area contributed by atoms with E-state index in [0.717, 1.165) is 5.56 Å². The molecule has 0 aromatic heterocycles. The van der Waals surface area contributed by atoms with Crippen molar-refractivity contribution in [3.8, 4) is 0 Å². The maximum absolute atomic E-state index is 13.0. The minimum atomic E-state index is -1.49. The predicted molar refractivity (Wildman–Crippen MR) is 122 cm³/mol. The second-order valence-electron chi connectivity index (χ2n) is 8.56. The third-order valence-corrected chi connectivity index (χ3v) is 7.59. The average Bonchev–Trinajstić information content (AvgIpc) is 3.04. The molecule has 0 unspecified atom stereocenters. The molecule has 2 aromatic carbocycles. The summed E-state index contributed by atoms with van der Waals surface area (Å²) in [5, 5.41) is 10.3. The van der Waals surface area contributed by atoms with E-state index in [-0.39, 0.29) is 6.61 Å². The Bertz CT molecular complexity index is 1010. The number of fused-ring (bicyclic) bond motifs is 1. The van der Waals surface area contributed by atoms with Crippen molar-refractivity contribution in [2.75, 3.05) is 11.9 Å². The predicted octanol–water partition coefficient (Wildman–Crippen LogP) is 2.43. The van der Waals surface area contributed by atoms with Crippen LogP contribution in [0, 0.1) is 5.92 Å². The van der Waals surface area contributed by atoms with E-state index in [1.807, 2.05) is 50.2 Å². The number of thioether (sulfide) groups is 1. The molecule has 2 saturated heterocycles. The fourth-order valence-electron chi connectivity index (χ4n) is 4.25. The molecule has 2 heterocycles. The van der Waals surface area contributed by atoms with Gasteiger partial charge in [-0.15, -0.1) is 11.8 Å². The van der Waals surface area contributed by atoms with E-state index in [4.69, 9.17) is 4.74 Å². The number of nitrogens with zero attached hydrogens (tertiary/aromatic N) is 2. The number of ether oxygens (including phenoxy) is 1. The number of hydrogen-bond donors (Lipinski definition) is 1. The first kappa shape index (κ1) is 22.4. The number of rotatable bonds is 6. The number of aliphatic hydroxyl groups is 1. The highest BCUT2D eigenvalue weighted by molar-refractivity contribution is 8.01. The van der Waals surface area contributed by atoms with Gasteiger partial charge in [-0.25, -0.2) is 4.79 Å². The van der Waals surface area contributed by atoms with Gasteiger partial charge in [-0.1, -0.05) is 48.5 Å². The number of amides is 2. The first-order valence-electron chi connectivity index (χ1n) is 10.4. The van der Waals surface area contributed by atoms with Crippen molar-refractivity contribution < 1.29 is 24.2 Å². The lowest BCUT2D eigenvalue weighted by atomic mass is 9.87. The molecule has 2 aliphatic rings. The first-order valence-corrected chi connectivity index (χ1v) is 11.3. The molecular weight excluding hydrogens is 428 g/mol.